The molecule has 0 unspecified atom stereocenters. The molecule has 0 saturated carbocycles. The first-order valence-corrected chi connectivity index (χ1v) is 12.4. The molecule has 0 aliphatic carbocycles. The highest BCUT2D eigenvalue weighted by Gasteiger charge is 2.17. The van der Waals surface area contributed by atoms with Gasteiger partial charge in [0.25, 0.3) is 0 Å². The van der Waals surface area contributed by atoms with Crippen molar-refractivity contribution in [2.45, 2.75) is 6.92 Å². The van der Waals surface area contributed by atoms with Crippen LogP contribution in [0.3, 0.4) is 0 Å². The van der Waals surface area contributed by atoms with E-state index in [2.05, 4.69) is 10.3 Å². The molecule has 2 aromatic heterocycles. The summed E-state index contributed by atoms with van der Waals surface area (Å²) in [7, 11) is 4.66. The molecule has 5 aromatic rings. The van der Waals surface area contributed by atoms with E-state index in [0.717, 1.165) is 27.9 Å². The fourth-order valence-corrected chi connectivity index (χ4v) is 4.47. The van der Waals surface area contributed by atoms with Gasteiger partial charge in [-0.2, -0.15) is 0 Å². The van der Waals surface area contributed by atoms with Gasteiger partial charge >= 0.3 is 0 Å². The van der Waals surface area contributed by atoms with E-state index < -0.39 is 5.91 Å². The van der Waals surface area contributed by atoms with Crippen molar-refractivity contribution in [1.29, 1.82) is 0 Å². The minimum Gasteiger partial charge on any atom is -0.493 e. The highest BCUT2D eigenvalue weighted by Crippen LogP contribution is 2.40. The number of imidazole rings is 1. The van der Waals surface area contributed by atoms with Gasteiger partial charge in [0, 0.05) is 29.5 Å². The van der Waals surface area contributed by atoms with Gasteiger partial charge in [0.05, 0.1) is 33.2 Å². The van der Waals surface area contributed by atoms with Gasteiger partial charge in [-0.05, 0) is 29.7 Å². The molecular weight excluding hydrogens is 508 g/mol. The van der Waals surface area contributed by atoms with Crippen LogP contribution >= 0.6 is 0 Å². The lowest BCUT2D eigenvalue weighted by Crippen LogP contribution is -2.07. The van der Waals surface area contributed by atoms with Gasteiger partial charge in [-0.3, -0.25) is 4.79 Å². The third-order valence-electron chi connectivity index (χ3n) is 6.30. The molecule has 5 rings (SSSR count). The van der Waals surface area contributed by atoms with Gasteiger partial charge < -0.3 is 25.3 Å². The van der Waals surface area contributed by atoms with Crippen LogP contribution in [0.1, 0.15) is 16.8 Å². The number of primary amides is 1. The molecule has 3 aromatic carbocycles. The SMILES string of the molecule is COc1cc(Nc2ncc3c(C)nc(-c4cccc(/C(=C\C(N)=O)c5ccccc5)c4)n3n2)cc(OC)c1OC. The van der Waals surface area contributed by atoms with Crippen LogP contribution in [0.5, 0.6) is 17.2 Å². The van der Waals surface area contributed by atoms with Crippen LogP contribution in [0.2, 0.25) is 0 Å². The first-order chi connectivity index (χ1) is 19.4. The van der Waals surface area contributed by atoms with Crippen molar-refractivity contribution >= 4 is 28.6 Å². The van der Waals surface area contributed by atoms with Gasteiger partial charge in [-0.25, -0.2) is 14.5 Å². The summed E-state index contributed by atoms with van der Waals surface area (Å²) >= 11 is 0. The Hall–Kier alpha value is -5.38. The summed E-state index contributed by atoms with van der Waals surface area (Å²) in [6, 6.07) is 20.9. The van der Waals surface area contributed by atoms with Gasteiger partial charge in [0.15, 0.2) is 17.3 Å². The first kappa shape index (κ1) is 26.2. The van der Waals surface area contributed by atoms with E-state index in [-0.39, 0.29) is 0 Å². The van der Waals surface area contributed by atoms with Crippen LogP contribution in [0.15, 0.2) is 79.0 Å². The molecule has 10 heteroatoms. The van der Waals surface area contributed by atoms with Crippen LogP contribution in [0.25, 0.3) is 22.5 Å². The molecule has 2 heterocycles. The number of aromatic nitrogens is 4. The number of carbonyl (C=O) groups is 1. The van der Waals surface area contributed by atoms with E-state index in [9.17, 15) is 4.79 Å². The molecule has 202 valence electrons. The van der Waals surface area contributed by atoms with Crippen LogP contribution in [-0.4, -0.2) is 46.8 Å². The van der Waals surface area contributed by atoms with Crippen LogP contribution < -0.4 is 25.3 Å². The standard InChI is InChI=1S/C30H28N6O4/c1-18-24-17-32-30(34-22-14-25(38-2)28(40-4)26(15-22)39-3)35-36(24)29(33-18)21-12-8-11-20(13-21)23(16-27(31)37)19-9-6-5-7-10-19/h5-17H,1-4H3,(H2,31,37)(H,34,35)/b23-16-. The zero-order valence-corrected chi connectivity index (χ0v) is 22.5. The molecule has 0 fully saturated rings. The van der Waals surface area contributed by atoms with Crippen LogP contribution in [0.4, 0.5) is 11.6 Å². The van der Waals surface area contributed by atoms with Gasteiger partial charge in [0.1, 0.15) is 5.52 Å². The molecule has 0 radical (unpaired) electrons. The number of hydrogen-bond acceptors (Lipinski definition) is 8. The number of rotatable bonds is 9. The number of aryl methyl sites for hydroxylation is 1. The summed E-state index contributed by atoms with van der Waals surface area (Å²) in [5.74, 6) is 1.92. The molecule has 10 nitrogen and oxygen atoms in total. The summed E-state index contributed by atoms with van der Waals surface area (Å²) in [5, 5.41) is 7.94. The zero-order chi connectivity index (χ0) is 28.2. The molecule has 0 aliphatic heterocycles. The number of hydrogen-bond donors (Lipinski definition) is 2. The quantitative estimate of drug-likeness (QED) is 0.258. The lowest BCUT2D eigenvalue weighted by molar-refractivity contribution is -0.113. The number of ether oxygens (including phenoxy) is 3. The van der Waals surface area contributed by atoms with Gasteiger partial charge in [-0.15, -0.1) is 5.10 Å². The van der Waals surface area contributed by atoms with E-state index in [1.807, 2.05) is 61.5 Å². The van der Waals surface area contributed by atoms with E-state index in [0.29, 0.717) is 40.3 Å². The number of anilines is 2. The average Bonchev–Trinajstić information content (AvgIpc) is 3.31. The number of nitrogens with two attached hydrogens (primary N) is 1. The fourth-order valence-electron chi connectivity index (χ4n) is 4.47. The highest BCUT2D eigenvalue weighted by atomic mass is 16.5. The Labute approximate surface area is 231 Å². The van der Waals surface area contributed by atoms with Crippen molar-refractivity contribution in [3.8, 4) is 28.6 Å². The molecule has 3 N–H and O–H groups in total. The lowest BCUT2D eigenvalue weighted by Gasteiger charge is -2.14. The average molecular weight is 537 g/mol. The Morgan fingerprint density at radius 3 is 2.27 bits per heavy atom. The van der Waals surface area contributed by atoms with Crippen molar-refractivity contribution < 1.29 is 19.0 Å². The molecular formula is C30H28N6O4. The molecule has 0 aliphatic rings. The molecule has 0 spiro atoms. The number of methoxy groups -OCH3 is 3. The van der Waals surface area contributed by atoms with Crippen LogP contribution in [-0.2, 0) is 4.79 Å². The maximum Gasteiger partial charge on any atom is 0.245 e. The summed E-state index contributed by atoms with van der Waals surface area (Å²) in [5.41, 5.74) is 11.0. The van der Waals surface area contributed by atoms with Crippen molar-refractivity contribution in [3.63, 3.8) is 0 Å². The number of carbonyl (C=O) groups excluding carboxylic acids is 1. The van der Waals surface area contributed by atoms with E-state index >= 15 is 0 Å². The normalized spacial score (nSPS) is 11.3. The van der Waals surface area contributed by atoms with Crippen molar-refractivity contribution in [3.05, 3.63) is 95.8 Å². The Morgan fingerprint density at radius 1 is 0.925 bits per heavy atom. The third kappa shape index (κ3) is 5.14. The maximum absolute atomic E-state index is 11.9. The van der Waals surface area contributed by atoms with Crippen molar-refractivity contribution in [2.24, 2.45) is 5.73 Å². The fraction of sp³-hybridized carbons (Fsp3) is 0.133. The minimum absolute atomic E-state index is 0.343. The van der Waals surface area contributed by atoms with Gasteiger partial charge in [0.2, 0.25) is 17.6 Å². The number of nitrogens with one attached hydrogen (secondary N) is 1. The predicted octanol–water partition coefficient (Wildman–Crippen LogP) is 4.79. The minimum atomic E-state index is -0.526. The topological polar surface area (TPSA) is 126 Å². The second-order valence-corrected chi connectivity index (χ2v) is 8.85. The number of fused-ring (bicyclic) bond motifs is 1. The smallest absolute Gasteiger partial charge is 0.245 e. The summed E-state index contributed by atoms with van der Waals surface area (Å²) in [6.07, 6.45) is 3.15. The number of amides is 1. The Bertz CT molecular complexity index is 1700. The van der Waals surface area contributed by atoms with Crippen molar-refractivity contribution in [1.82, 2.24) is 19.6 Å². The molecule has 0 saturated heterocycles. The Morgan fingerprint density at radius 2 is 1.62 bits per heavy atom. The molecule has 1 amide bonds. The number of benzene rings is 3. The van der Waals surface area contributed by atoms with Crippen molar-refractivity contribution in [2.75, 3.05) is 26.6 Å². The lowest BCUT2D eigenvalue weighted by atomic mass is 9.96. The third-order valence-corrected chi connectivity index (χ3v) is 6.30. The summed E-state index contributed by atoms with van der Waals surface area (Å²) < 4.78 is 18.1. The summed E-state index contributed by atoms with van der Waals surface area (Å²) in [6.45, 7) is 1.90. The monoisotopic (exact) mass is 536 g/mol. The Balaban J connectivity index is 1.56. The predicted molar refractivity (Wildman–Crippen MR) is 153 cm³/mol. The second-order valence-electron chi connectivity index (χ2n) is 8.85. The molecule has 40 heavy (non-hydrogen) atoms. The first-order valence-electron chi connectivity index (χ1n) is 12.4. The van der Waals surface area contributed by atoms with Gasteiger partial charge in [-0.1, -0.05) is 48.5 Å². The van der Waals surface area contributed by atoms with E-state index in [1.54, 1.807) is 44.2 Å². The maximum atomic E-state index is 11.9. The molecule has 0 bridgehead atoms. The summed E-state index contributed by atoms with van der Waals surface area (Å²) in [4.78, 5) is 21.1. The van der Waals surface area contributed by atoms with E-state index in [4.69, 9.17) is 30.0 Å². The highest BCUT2D eigenvalue weighted by molar-refractivity contribution is 5.98. The second kappa shape index (κ2) is 11.2. The zero-order valence-electron chi connectivity index (χ0n) is 22.5. The molecule has 0 atom stereocenters. The largest absolute Gasteiger partial charge is 0.493 e. The number of nitrogens with zero attached hydrogens (tertiary/aromatic N) is 4. The van der Waals surface area contributed by atoms with Crippen LogP contribution in [0, 0.1) is 6.92 Å². The van der Waals surface area contributed by atoms with E-state index in [1.165, 1.54) is 6.08 Å². The Kier molecular flexibility index (Phi) is 7.32.